The fraction of sp³-hybridized carbons (Fsp3) is 0.300. The Kier molecular flexibility index (Phi) is 3.67. The molecular weight excluding hydrogens is 324 g/mol. The molecule has 2 aromatic carbocycles. The van der Waals surface area contributed by atoms with Gasteiger partial charge in [-0.1, -0.05) is 54.6 Å². The molecule has 1 aliphatic carbocycles. The van der Waals surface area contributed by atoms with Crippen LogP contribution in [0.25, 0.3) is 0 Å². The highest BCUT2D eigenvalue weighted by molar-refractivity contribution is 6.08. The van der Waals surface area contributed by atoms with Crippen molar-refractivity contribution in [2.24, 2.45) is 5.41 Å². The Morgan fingerprint density at radius 3 is 2.36 bits per heavy atom. The van der Waals surface area contributed by atoms with Crippen molar-refractivity contribution in [2.75, 3.05) is 0 Å². The molecule has 0 aromatic heterocycles. The molecule has 0 unspecified atom stereocenters. The highest BCUT2D eigenvalue weighted by Crippen LogP contribution is 2.65. The number of carbonyl (C=O) groups is 2. The van der Waals surface area contributed by atoms with Gasteiger partial charge in [-0.15, -0.1) is 0 Å². The van der Waals surface area contributed by atoms with Crippen LogP contribution in [0.3, 0.4) is 0 Å². The summed E-state index contributed by atoms with van der Waals surface area (Å²) in [4.78, 5) is 26.6. The second-order valence-corrected chi connectivity index (χ2v) is 6.83. The summed E-state index contributed by atoms with van der Waals surface area (Å²) in [7, 11) is 0. The number of likely N-dealkylation sites (tertiary alicyclic amines) is 1. The minimum Gasteiger partial charge on any atom is -0.278 e. The van der Waals surface area contributed by atoms with Gasteiger partial charge in [0.25, 0.3) is 6.43 Å². The maximum Gasteiger partial charge on any atom is 0.263 e. The van der Waals surface area contributed by atoms with Gasteiger partial charge in [0.15, 0.2) is 0 Å². The molecule has 2 aromatic rings. The van der Waals surface area contributed by atoms with Gasteiger partial charge < -0.3 is 0 Å². The summed E-state index contributed by atoms with van der Waals surface area (Å²) in [5.41, 5.74) is 1.07. The third-order valence-corrected chi connectivity index (χ3v) is 5.29. The highest BCUT2D eigenvalue weighted by atomic mass is 19.3. The Bertz CT molecular complexity index is 819. The Labute approximate surface area is 144 Å². The zero-order chi connectivity index (χ0) is 17.6. The number of alkyl halides is 2. The first-order valence-electron chi connectivity index (χ1n) is 8.28. The third kappa shape index (κ3) is 2.64. The van der Waals surface area contributed by atoms with Crippen LogP contribution < -0.4 is 0 Å². The summed E-state index contributed by atoms with van der Waals surface area (Å²) in [6.45, 7) is 0.289. The molecule has 128 valence electrons. The predicted octanol–water partition coefficient (Wildman–Crippen LogP) is 4.06. The molecule has 1 saturated carbocycles. The number of hydrogen-bond acceptors (Lipinski definition) is 2. The van der Waals surface area contributed by atoms with Crippen LogP contribution in [-0.4, -0.2) is 16.7 Å². The lowest BCUT2D eigenvalue weighted by atomic mass is 9.97. The molecule has 1 spiro atoms. The van der Waals surface area contributed by atoms with E-state index < -0.39 is 11.8 Å². The van der Waals surface area contributed by atoms with Gasteiger partial charge in [-0.25, -0.2) is 8.78 Å². The minimum atomic E-state index is -2.50. The lowest BCUT2D eigenvalue weighted by Crippen LogP contribution is -2.30. The van der Waals surface area contributed by atoms with E-state index in [1.807, 2.05) is 30.3 Å². The number of rotatable bonds is 4. The van der Waals surface area contributed by atoms with Crippen LogP contribution in [0.2, 0.25) is 0 Å². The van der Waals surface area contributed by atoms with Crippen LogP contribution in [-0.2, 0) is 16.1 Å². The summed E-state index contributed by atoms with van der Waals surface area (Å²) in [5.74, 6) is -0.346. The van der Waals surface area contributed by atoms with Crippen LogP contribution in [0.15, 0.2) is 54.6 Å². The Morgan fingerprint density at radius 1 is 1.04 bits per heavy atom. The van der Waals surface area contributed by atoms with Crippen LogP contribution in [0.5, 0.6) is 0 Å². The van der Waals surface area contributed by atoms with Gasteiger partial charge in [-0.05, 0) is 23.5 Å². The zero-order valence-corrected chi connectivity index (χ0v) is 13.5. The van der Waals surface area contributed by atoms with E-state index in [0.29, 0.717) is 6.42 Å². The lowest BCUT2D eigenvalue weighted by Gasteiger charge is -2.15. The van der Waals surface area contributed by atoms with Crippen LogP contribution in [0, 0.1) is 5.41 Å². The molecule has 25 heavy (non-hydrogen) atoms. The van der Waals surface area contributed by atoms with Crippen molar-refractivity contribution in [1.82, 2.24) is 4.90 Å². The van der Waals surface area contributed by atoms with Crippen molar-refractivity contribution in [3.8, 4) is 0 Å². The first-order chi connectivity index (χ1) is 12.0. The molecule has 2 atom stereocenters. The van der Waals surface area contributed by atoms with E-state index in [9.17, 15) is 18.4 Å². The summed E-state index contributed by atoms with van der Waals surface area (Å²) >= 11 is 0. The molecule has 2 amide bonds. The monoisotopic (exact) mass is 341 g/mol. The van der Waals surface area contributed by atoms with E-state index in [1.54, 1.807) is 12.1 Å². The molecule has 2 aliphatic rings. The molecule has 1 aliphatic heterocycles. The quantitative estimate of drug-likeness (QED) is 0.787. The average Bonchev–Trinajstić information content (AvgIpc) is 3.29. The summed E-state index contributed by atoms with van der Waals surface area (Å²) in [6, 6.07) is 15.5. The van der Waals surface area contributed by atoms with Crippen molar-refractivity contribution >= 4 is 11.8 Å². The van der Waals surface area contributed by atoms with Gasteiger partial charge in [0.1, 0.15) is 0 Å². The van der Waals surface area contributed by atoms with Gasteiger partial charge in [0.2, 0.25) is 11.8 Å². The van der Waals surface area contributed by atoms with Gasteiger partial charge in [-0.2, -0.15) is 0 Å². The van der Waals surface area contributed by atoms with Gasteiger partial charge in [-0.3, -0.25) is 14.5 Å². The number of hydrogen-bond donors (Lipinski definition) is 0. The number of benzene rings is 2. The summed E-state index contributed by atoms with van der Waals surface area (Å²) in [5, 5.41) is 0. The standard InChI is InChI=1S/C20H17F2NO2/c21-18(22)15-8-6-14(7-9-15)16-10-20(16)11-17(24)23(19(20)25)12-13-4-2-1-3-5-13/h1-9,16,18H,10-12H2/t16-,20-/m0/s1. The number of imide groups is 1. The molecule has 0 radical (unpaired) electrons. The van der Waals surface area contributed by atoms with E-state index in [1.165, 1.54) is 17.0 Å². The Morgan fingerprint density at radius 2 is 1.72 bits per heavy atom. The van der Waals surface area contributed by atoms with Gasteiger partial charge >= 0.3 is 0 Å². The first kappa shape index (κ1) is 15.9. The predicted molar refractivity (Wildman–Crippen MR) is 87.8 cm³/mol. The average molecular weight is 341 g/mol. The van der Waals surface area contributed by atoms with Gasteiger partial charge in [0, 0.05) is 12.0 Å². The van der Waals surface area contributed by atoms with E-state index in [-0.39, 0.29) is 36.3 Å². The molecule has 0 N–H and O–H groups in total. The van der Waals surface area contributed by atoms with Crippen molar-refractivity contribution in [1.29, 1.82) is 0 Å². The molecule has 0 bridgehead atoms. The number of carbonyl (C=O) groups excluding carboxylic acids is 2. The largest absolute Gasteiger partial charge is 0.278 e. The maximum atomic E-state index is 12.8. The lowest BCUT2D eigenvalue weighted by molar-refractivity contribution is -0.140. The Hall–Kier alpha value is -2.56. The molecule has 1 saturated heterocycles. The van der Waals surface area contributed by atoms with Crippen LogP contribution >= 0.6 is 0 Å². The van der Waals surface area contributed by atoms with E-state index >= 15 is 0 Å². The smallest absolute Gasteiger partial charge is 0.263 e. The molecule has 2 fully saturated rings. The zero-order valence-electron chi connectivity index (χ0n) is 13.5. The third-order valence-electron chi connectivity index (χ3n) is 5.29. The SMILES string of the molecule is O=C1C[C@]2(C[C@H]2c2ccc(C(F)F)cc2)C(=O)N1Cc1ccccc1. The fourth-order valence-electron chi connectivity index (χ4n) is 3.80. The first-order valence-corrected chi connectivity index (χ1v) is 8.28. The van der Waals surface area contributed by atoms with Crippen molar-refractivity contribution < 1.29 is 18.4 Å². The summed E-state index contributed by atoms with van der Waals surface area (Å²) in [6.07, 6.45) is -1.69. The molecule has 5 heteroatoms. The minimum absolute atomic E-state index is 0.0296. The van der Waals surface area contributed by atoms with Crippen LogP contribution in [0.4, 0.5) is 8.78 Å². The van der Waals surface area contributed by atoms with E-state index in [0.717, 1.165) is 11.1 Å². The van der Waals surface area contributed by atoms with Crippen molar-refractivity contribution in [2.45, 2.75) is 31.7 Å². The van der Waals surface area contributed by atoms with Crippen LogP contribution in [0.1, 0.15) is 41.9 Å². The molecule has 1 heterocycles. The second-order valence-electron chi connectivity index (χ2n) is 6.83. The maximum absolute atomic E-state index is 12.8. The summed E-state index contributed by atoms with van der Waals surface area (Å²) < 4.78 is 25.4. The Balaban J connectivity index is 1.52. The van der Waals surface area contributed by atoms with Crippen molar-refractivity contribution in [3.05, 3.63) is 71.3 Å². The fourth-order valence-corrected chi connectivity index (χ4v) is 3.80. The van der Waals surface area contributed by atoms with Gasteiger partial charge in [0.05, 0.1) is 12.0 Å². The topological polar surface area (TPSA) is 37.4 Å². The highest BCUT2D eigenvalue weighted by Gasteiger charge is 2.67. The number of amides is 2. The number of nitrogens with zero attached hydrogens (tertiary/aromatic N) is 1. The molecule has 4 rings (SSSR count). The second kappa shape index (κ2) is 5.76. The normalized spacial score (nSPS) is 25.2. The number of halogens is 2. The van der Waals surface area contributed by atoms with E-state index in [4.69, 9.17) is 0 Å². The van der Waals surface area contributed by atoms with E-state index in [2.05, 4.69) is 0 Å². The molecule has 3 nitrogen and oxygen atoms in total. The van der Waals surface area contributed by atoms with Crippen molar-refractivity contribution in [3.63, 3.8) is 0 Å². The molecular formula is C20H17F2NO2.